The van der Waals surface area contributed by atoms with Gasteiger partial charge in [-0.1, -0.05) is 12.1 Å². The van der Waals surface area contributed by atoms with Gasteiger partial charge in [0.15, 0.2) is 0 Å². The molecule has 6 nitrogen and oxygen atoms in total. The number of hydrogen-bond acceptors (Lipinski definition) is 4. The fourth-order valence-corrected chi connectivity index (χ4v) is 3.26. The molecule has 2 aromatic carbocycles. The summed E-state index contributed by atoms with van der Waals surface area (Å²) in [6.07, 6.45) is 1.00. The number of hydrogen-bond donors (Lipinski definition) is 1. The smallest absolute Gasteiger partial charge is 0.321 e. The van der Waals surface area contributed by atoms with E-state index in [0.717, 1.165) is 56.3 Å². The summed E-state index contributed by atoms with van der Waals surface area (Å²) in [5.41, 5.74) is 2.09. The molecule has 2 amide bonds. The number of nitrogens with zero attached hydrogens (tertiary/aromatic N) is 2. The van der Waals surface area contributed by atoms with Gasteiger partial charge in [-0.25, -0.2) is 4.79 Å². The van der Waals surface area contributed by atoms with Crippen molar-refractivity contribution >= 4 is 11.7 Å². The van der Waals surface area contributed by atoms with Crippen LogP contribution in [0.3, 0.4) is 0 Å². The third kappa shape index (κ3) is 5.63. The van der Waals surface area contributed by atoms with Gasteiger partial charge < -0.3 is 19.7 Å². The molecule has 0 radical (unpaired) electrons. The highest BCUT2D eigenvalue weighted by Crippen LogP contribution is 2.17. The van der Waals surface area contributed by atoms with Crippen LogP contribution in [0.1, 0.15) is 12.5 Å². The van der Waals surface area contributed by atoms with Crippen LogP contribution in [-0.2, 0) is 6.42 Å². The zero-order chi connectivity index (χ0) is 19.8. The SMILES string of the molecule is CCOc1ccc(NC(=O)N2CCN(CCc3ccc(OC)cc3)CC2)cc1. The molecule has 0 bridgehead atoms. The van der Waals surface area contributed by atoms with Gasteiger partial charge in [0.1, 0.15) is 11.5 Å². The van der Waals surface area contributed by atoms with Crippen LogP contribution in [0.5, 0.6) is 11.5 Å². The van der Waals surface area contributed by atoms with E-state index in [9.17, 15) is 4.79 Å². The van der Waals surface area contributed by atoms with E-state index < -0.39 is 0 Å². The maximum absolute atomic E-state index is 12.5. The number of nitrogens with one attached hydrogen (secondary N) is 1. The number of ether oxygens (including phenoxy) is 2. The standard InChI is InChI=1S/C22H29N3O3/c1-3-28-21-10-6-19(7-11-21)23-22(26)25-16-14-24(15-17-25)13-12-18-4-8-20(27-2)9-5-18/h4-11H,3,12-17H2,1-2H3,(H,23,26). The molecule has 1 saturated heterocycles. The molecule has 0 spiro atoms. The maximum atomic E-state index is 12.5. The van der Waals surface area contributed by atoms with E-state index in [1.165, 1.54) is 5.56 Å². The molecule has 0 aromatic heterocycles. The first-order valence-electron chi connectivity index (χ1n) is 9.82. The quantitative estimate of drug-likeness (QED) is 0.795. The van der Waals surface area contributed by atoms with E-state index >= 15 is 0 Å². The third-order valence-corrected chi connectivity index (χ3v) is 4.95. The van der Waals surface area contributed by atoms with Crippen molar-refractivity contribution in [3.05, 3.63) is 54.1 Å². The lowest BCUT2D eigenvalue weighted by molar-refractivity contribution is 0.148. The first-order chi connectivity index (χ1) is 13.7. The second kappa shape index (κ2) is 9.99. The van der Waals surface area contributed by atoms with Crippen molar-refractivity contribution < 1.29 is 14.3 Å². The van der Waals surface area contributed by atoms with Gasteiger partial charge in [0.25, 0.3) is 0 Å². The second-order valence-electron chi connectivity index (χ2n) is 6.81. The number of anilines is 1. The van der Waals surface area contributed by atoms with Gasteiger partial charge in [-0.2, -0.15) is 0 Å². The number of piperazine rings is 1. The van der Waals surface area contributed by atoms with Crippen molar-refractivity contribution in [1.29, 1.82) is 0 Å². The summed E-state index contributed by atoms with van der Waals surface area (Å²) in [6, 6.07) is 15.7. The first-order valence-corrected chi connectivity index (χ1v) is 9.82. The molecule has 0 atom stereocenters. The zero-order valence-electron chi connectivity index (χ0n) is 16.7. The Hall–Kier alpha value is -2.73. The lowest BCUT2D eigenvalue weighted by Crippen LogP contribution is -2.50. The minimum Gasteiger partial charge on any atom is -0.497 e. The molecule has 1 aliphatic rings. The van der Waals surface area contributed by atoms with Crippen molar-refractivity contribution in [2.24, 2.45) is 0 Å². The highest BCUT2D eigenvalue weighted by Gasteiger charge is 2.20. The van der Waals surface area contributed by atoms with E-state index in [2.05, 4.69) is 22.3 Å². The molecule has 1 N–H and O–H groups in total. The number of methoxy groups -OCH3 is 1. The van der Waals surface area contributed by atoms with Crippen LogP contribution in [0, 0.1) is 0 Å². The molecule has 1 heterocycles. The Kier molecular flexibility index (Phi) is 7.14. The third-order valence-electron chi connectivity index (χ3n) is 4.95. The normalized spacial score (nSPS) is 14.6. The number of amides is 2. The van der Waals surface area contributed by atoms with Gasteiger partial charge >= 0.3 is 6.03 Å². The van der Waals surface area contributed by atoms with E-state index in [-0.39, 0.29) is 6.03 Å². The molecular weight excluding hydrogens is 354 g/mol. The van der Waals surface area contributed by atoms with Crippen LogP contribution >= 0.6 is 0 Å². The minimum absolute atomic E-state index is 0.0426. The molecule has 150 valence electrons. The monoisotopic (exact) mass is 383 g/mol. The topological polar surface area (TPSA) is 54.0 Å². The number of carbonyl (C=O) groups excluding carboxylic acids is 1. The molecule has 6 heteroatoms. The number of rotatable bonds is 7. The van der Waals surface area contributed by atoms with Gasteiger partial charge in [0, 0.05) is 38.4 Å². The van der Waals surface area contributed by atoms with Gasteiger partial charge in [-0.05, 0) is 55.3 Å². The highest BCUT2D eigenvalue weighted by molar-refractivity contribution is 5.89. The average Bonchev–Trinajstić information content (AvgIpc) is 2.74. The molecule has 3 rings (SSSR count). The van der Waals surface area contributed by atoms with Crippen molar-refractivity contribution in [3.63, 3.8) is 0 Å². The predicted octanol–water partition coefficient (Wildman–Crippen LogP) is 3.49. The van der Waals surface area contributed by atoms with Crippen LogP contribution in [-0.4, -0.2) is 62.3 Å². The van der Waals surface area contributed by atoms with Gasteiger partial charge in [0.05, 0.1) is 13.7 Å². The molecule has 2 aromatic rings. The van der Waals surface area contributed by atoms with Gasteiger partial charge in [-0.3, -0.25) is 4.90 Å². The zero-order valence-corrected chi connectivity index (χ0v) is 16.7. The first kappa shape index (κ1) is 20.0. The Morgan fingerprint density at radius 1 is 0.964 bits per heavy atom. The van der Waals surface area contributed by atoms with Crippen LogP contribution in [0.4, 0.5) is 10.5 Å². The largest absolute Gasteiger partial charge is 0.497 e. The second-order valence-corrected chi connectivity index (χ2v) is 6.81. The summed E-state index contributed by atoms with van der Waals surface area (Å²) < 4.78 is 10.6. The fraction of sp³-hybridized carbons (Fsp3) is 0.409. The molecule has 1 aliphatic heterocycles. The lowest BCUT2D eigenvalue weighted by Gasteiger charge is -2.34. The molecule has 0 aliphatic carbocycles. The predicted molar refractivity (Wildman–Crippen MR) is 111 cm³/mol. The molecule has 1 fully saturated rings. The molecule has 0 saturated carbocycles. The van der Waals surface area contributed by atoms with E-state index in [4.69, 9.17) is 9.47 Å². The summed E-state index contributed by atoms with van der Waals surface area (Å²) in [5, 5.41) is 2.97. The average molecular weight is 383 g/mol. The Morgan fingerprint density at radius 2 is 1.61 bits per heavy atom. The van der Waals surface area contributed by atoms with Crippen LogP contribution in [0.15, 0.2) is 48.5 Å². The Bertz CT molecular complexity index is 739. The lowest BCUT2D eigenvalue weighted by atomic mass is 10.1. The molecular formula is C22H29N3O3. The fourth-order valence-electron chi connectivity index (χ4n) is 3.26. The van der Waals surface area contributed by atoms with Crippen LogP contribution < -0.4 is 14.8 Å². The minimum atomic E-state index is -0.0426. The van der Waals surface area contributed by atoms with Crippen molar-refractivity contribution in [2.75, 3.05) is 51.8 Å². The Labute approximate surface area is 167 Å². The summed E-state index contributed by atoms with van der Waals surface area (Å²) in [4.78, 5) is 16.8. The highest BCUT2D eigenvalue weighted by atomic mass is 16.5. The van der Waals surface area contributed by atoms with Crippen LogP contribution in [0.2, 0.25) is 0 Å². The van der Waals surface area contributed by atoms with Crippen molar-refractivity contribution in [2.45, 2.75) is 13.3 Å². The van der Waals surface area contributed by atoms with Gasteiger partial charge in [-0.15, -0.1) is 0 Å². The molecule has 0 unspecified atom stereocenters. The summed E-state index contributed by atoms with van der Waals surface area (Å²) >= 11 is 0. The Morgan fingerprint density at radius 3 is 2.21 bits per heavy atom. The molecule has 28 heavy (non-hydrogen) atoms. The number of benzene rings is 2. The van der Waals surface area contributed by atoms with E-state index in [1.54, 1.807) is 7.11 Å². The number of carbonyl (C=O) groups is 1. The summed E-state index contributed by atoms with van der Waals surface area (Å²) in [5.74, 6) is 1.70. The summed E-state index contributed by atoms with van der Waals surface area (Å²) in [7, 11) is 1.68. The van der Waals surface area contributed by atoms with Crippen molar-refractivity contribution in [1.82, 2.24) is 9.80 Å². The maximum Gasteiger partial charge on any atom is 0.321 e. The van der Waals surface area contributed by atoms with Crippen LogP contribution in [0.25, 0.3) is 0 Å². The van der Waals surface area contributed by atoms with E-state index in [1.807, 2.05) is 48.2 Å². The van der Waals surface area contributed by atoms with E-state index in [0.29, 0.717) is 6.61 Å². The van der Waals surface area contributed by atoms with Gasteiger partial charge in [0.2, 0.25) is 0 Å². The Balaban J connectivity index is 1.40. The van der Waals surface area contributed by atoms with Crippen molar-refractivity contribution in [3.8, 4) is 11.5 Å². The number of urea groups is 1. The summed E-state index contributed by atoms with van der Waals surface area (Å²) in [6.45, 7) is 6.86.